The topological polar surface area (TPSA) is 82.3 Å². The van der Waals surface area contributed by atoms with E-state index >= 15 is 0 Å². The van der Waals surface area contributed by atoms with Crippen LogP contribution in [0.15, 0.2) is 66.2 Å². The smallest absolute Gasteiger partial charge is 0.236 e. The molecule has 3 aromatic rings. The summed E-state index contributed by atoms with van der Waals surface area (Å²) in [6.07, 6.45) is 5.43. The third kappa shape index (κ3) is 5.24. The van der Waals surface area contributed by atoms with E-state index in [1.165, 1.54) is 20.7 Å². The van der Waals surface area contributed by atoms with Crippen molar-refractivity contribution in [3.8, 4) is 0 Å². The molecule has 0 bridgehead atoms. The van der Waals surface area contributed by atoms with Crippen molar-refractivity contribution in [1.82, 2.24) is 14.6 Å². The summed E-state index contributed by atoms with van der Waals surface area (Å²) in [7, 11) is -3.48. The average Bonchev–Trinajstić information content (AvgIpc) is 3.22. The molecule has 1 aliphatic heterocycles. The van der Waals surface area contributed by atoms with Gasteiger partial charge in [0.1, 0.15) is 0 Å². The zero-order valence-electron chi connectivity index (χ0n) is 17.3. The second-order valence-electron chi connectivity index (χ2n) is 7.83. The van der Waals surface area contributed by atoms with Crippen LogP contribution in [0, 0.1) is 5.92 Å². The molecular weight excluding hydrogens is 410 g/mol. The zero-order valence-corrected chi connectivity index (χ0v) is 18.1. The van der Waals surface area contributed by atoms with Gasteiger partial charge in [0.15, 0.2) is 0 Å². The number of hydrogen-bond acceptors (Lipinski definition) is 3. The molecule has 0 unspecified atom stereocenters. The summed E-state index contributed by atoms with van der Waals surface area (Å²) in [5, 5.41) is 5.45. The Hall–Kier alpha value is -2.90. The first kappa shape index (κ1) is 21.3. The minimum absolute atomic E-state index is 0.0108. The second-order valence-corrected chi connectivity index (χ2v) is 9.65. The summed E-state index contributed by atoms with van der Waals surface area (Å²) in [5.41, 5.74) is 3.12. The van der Waals surface area contributed by atoms with Crippen LogP contribution in [0.25, 0.3) is 17.0 Å². The number of hydrogen-bond donors (Lipinski definition) is 2. The van der Waals surface area contributed by atoms with Crippen LogP contribution in [0.2, 0.25) is 0 Å². The number of nitrogens with zero attached hydrogens (tertiary/aromatic N) is 1. The summed E-state index contributed by atoms with van der Waals surface area (Å²) in [5.74, 6) is -0.135. The van der Waals surface area contributed by atoms with Gasteiger partial charge in [-0.3, -0.25) is 4.79 Å². The van der Waals surface area contributed by atoms with Gasteiger partial charge in [0.25, 0.3) is 0 Å². The summed E-state index contributed by atoms with van der Waals surface area (Å²) >= 11 is 0. The summed E-state index contributed by atoms with van der Waals surface area (Å²) < 4.78 is 26.6. The van der Waals surface area contributed by atoms with Crippen LogP contribution in [0.3, 0.4) is 0 Å². The predicted molar refractivity (Wildman–Crippen MR) is 124 cm³/mol. The van der Waals surface area contributed by atoms with E-state index in [2.05, 4.69) is 16.4 Å². The highest BCUT2D eigenvalue weighted by Gasteiger charge is 2.29. The Morgan fingerprint density at radius 2 is 1.77 bits per heavy atom. The van der Waals surface area contributed by atoms with Crippen molar-refractivity contribution in [2.24, 2.45) is 5.92 Å². The first-order valence-electron chi connectivity index (χ1n) is 10.6. The molecular formula is C24H27N3O3S. The molecule has 1 fully saturated rings. The number of carbonyl (C=O) groups excluding carboxylic acids is 1. The number of aromatic amines is 1. The summed E-state index contributed by atoms with van der Waals surface area (Å²) in [6, 6.07) is 17.5. The lowest BCUT2D eigenvalue weighted by atomic mass is 9.97. The fraction of sp³-hybridized carbons (Fsp3) is 0.292. The Balaban J connectivity index is 1.25. The number of para-hydroxylation sites is 1. The van der Waals surface area contributed by atoms with Crippen molar-refractivity contribution in [2.45, 2.75) is 19.3 Å². The Kier molecular flexibility index (Phi) is 6.53. The Labute approximate surface area is 183 Å². The number of H-pyrrole nitrogens is 1. The van der Waals surface area contributed by atoms with E-state index in [9.17, 15) is 13.2 Å². The van der Waals surface area contributed by atoms with E-state index in [0.717, 1.165) is 17.5 Å². The number of carbonyl (C=O) groups is 1. The number of nitrogens with one attached hydrogen (secondary N) is 2. The quantitative estimate of drug-likeness (QED) is 0.593. The largest absolute Gasteiger partial charge is 0.361 e. The molecule has 2 aromatic carbocycles. The first-order chi connectivity index (χ1) is 15.0. The van der Waals surface area contributed by atoms with E-state index in [4.69, 9.17) is 0 Å². The van der Waals surface area contributed by atoms with Gasteiger partial charge in [-0.05, 0) is 42.5 Å². The van der Waals surface area contributed by atoms with E-state index in [1.807, 2.05) is 54.7 Å². The fourth-order valence-corrected chi connectivity index (χ4v) is 5.21. The number of amides is 1. The molecule has 0 atom stereocenters. The average molecular weight is 438 g/mol. The van der Waals surface area contributed by atoms with Crippen LogP contribution < -0.4 is 5.32 Å². The molecule has 1 saturated heterocycles. The predicted octanol–water partition coefficient (Wildman–Crippen LogP) is 3.54. The second kappa shape index (κ2) is 9.49. The van der Waals surface area contributed by atoms with Gasteiger partial charge in [0.2, 0.25) is 15.9 Å². The van der Waals surface area contributed by atoms with Crippen LogP contribution in [0.1, 0.15) is 24.0 Å². The molecule has 6 nitrogen and oxygen atoms in total. The number of sulfonamides is 1. The van der Waals surface area contributed by atoms with Gasteiger partial charge in [-0.1, -0.05) is 48.5 Å². The summed E-state index contributed by atoms with van der Waals surface area (Å²) in [4.78, 5) is 15.8. The summed E-state index contributed by atoms with van der Waals surface area (Å²) in [6.45, 7) is 1.29. The highest BCUT2D eigenvalue weighted by molar-refractivity contribution is 7.92. The van der Waals surface area contributed by atoms with Crippen molar-refractivity contribution in [3.05, 3.63) is 77.3 Å². The molecule has 2 heterocycles. The van der Waals surface area contributed by atoms with Gasteiger partial charge in [-0.15, -0.1) is 0 Å². The van der Waals surface area contributed by atoms with E-state index in [0.29, 0.717) is 32.5 Å². The van der Waals surface area contributed by atoms with E-state index in [-0.39, 0.29) is 11.8 Å². The van der Waals surface area contributed by atoms with Crippen LogP contribution >= 0.6 is 0 Å². The molecule has 31 heavy (non-hydrogen) atoms. The molecule has 1 aliphatic rings. The zero-order chi connectivity index (χ0) is 21.7. The fourth-order valence-electron chi connectivity index (χ4n) is 3.99. The molecule has 1 amide bonds. The molecule has 4 rings (SSSR count). The normalized spacial score (nSPS) is 16.1. The number of rotatable bonds is 7. The van der Waals surface area contributed by atoms with Crippen LogP contribution in [-0.2, 0) is 21.2 Å². The maximum atomic E-state index is 12.6. The van der Waals surface area contributed by atoms with Crippen LogP contribution in [0.4, 0.5) is 0 Å². The van der Waals surface area contributed by atoms with Gasteiger partial charge in [0, 0.05) is 48.1 Å². The third-order valence-electron chi connectivity index (χ3n) is 5.79. The van der Waals surface area contributed by atoms with Gasteiger partial charge >= 0.3 is 0 Å². The highest BCUT2D eigenvalue weighted by Crippen LogP contribution is 2.21. The lowest BCUT2D eigenvalue weighted by Gasteiger charge is -2.29. The Bertz CT molecular complexity index is 1160. The minimum atomic E-state index is -3.48. The number of aromatic nitrogens is 1. The molecule has 2 N–H and O–H groups in total. The van der Waals surface area contributed by atoms with Crippen molar-refractivity contribution in [2.75, 3.05) is 19.6 Å². The molecule has 162 valence electrons. The monoisotopic (exact) mass is 437 g/mol. The van der Waals surface area contributed by atoms with Crippen molar-refractivity contribution in [1.29, 1.82) is 0 Å². The number of piperidine rings is 1. The molecule has 7 heteroatoms. The van der Waals surface area contributed by atoms with Crippen molar-refractivity contribution in [3.63, 3.8) is 0 Å². The molecule has 0 spiro atoms. The van der Waals surface area contributed by atoms with Crippen LogP contribution in [-0.4, -0.2) is 43.2 Å². The number of benzene rings is 2. The SMILES string of the molecule is O=C(NCCc1c[nH]c2ccccc12)C1CCN(S(=O)(=O)/C=C/c2ccccc2)CC1. The van der Waals surface area contributed by atoms with Gasteiger partial charge < -0.3 is 10.3 Å². The molecule has 0 saturated carbocycles. The lowest BCUT2D eigenvalue weighted by Crippen LogP contribution is -2.42. The molecule has 0 aliphatic carbocycles. The van der Waals surface area contributed by atoms with Crippen LogP contribution in [0.5, 0.6) is 0 Å². The van der Waals surface area contributed by atoms with E-state index < -0.39 is 10.0 Å². The lowest BCUT2D eigenvalue weighted by molar-refractivity contribution is -0.126. The standard InChI is InChI=1S/C24H27N3O3S/c28-24(25-14-10-21-18-26-23-9-5-4-8-22(21)23)20-11-15-27(16-12-20)31(29,30)17-13-19-6-2-1-3-7-19/h1-9,13,17-18,20,26H,10-12,14-16H2,(H,25,28)/b17-13+. The Morgan fingerprint density at radius 1 is 1.06 bits per heavy atom. The highest BCUT2D eigenvalue weighted by atomic mass is 32.2. The maximum absolute atomic E-state index is 12.6. The van der Waals surface area contributed by atoms with Gasteiger partial charge in [0.05, 0.1) is 0 Å². The first-order valence-corrected chi connectivity index (χ1v) is 12.1. The molecule has 0 radical (unpaired) electrons. The number of fused-ring (bicyclic) bond motifs is 1. The van der Waals surface area contributed by atoms with Crippen molar-refractivity contribution < 1.29 is 13.2 Å². The Morgan fingerprint density at radius 3 is 2.55 bits per heavy atom. The minimum Gasteiger partial charge on any atom is -0.361 e. The maximum Gasteiger partial charge on any atom is 0.236 e. The van der Waals surface area contributed by atoms with Crippen molar-refractivity contribution >= 4 is 32.9 Å². The van der Waals surface area contributed by atoms with Gasteiger partial charge in [-0.2, -0.15) is 4.31 Å². The van der Waals surface area contributed by atoms with Gasteiger partial charge in [-0.25, -0.2) is 8.42 Å². The molecule has 1 aromatic heterocycles. The van der Waals surface area contributed by atoms with E-state index in [1.54, 1.807) is 6.08 Å². The third-order valence-corrected chi connectivity index (χ3v) is 7.35.